The van der Waals surface area contributed by atoms with Crippen molar-refractivity contribution in [2.45, 2.75) is 40.7 Å². The maximum Gasteiger partial charge on any atom is 0.0346 e. The predicted molar refractivity (Wildman–Crippen MR) is 62.3 cm³/mol. The molecule has 1 aromatic rings. The zero-order valence-electron chi connectivity index (χ0n) is 9.89. The molecule has 0 aromatic heterocycles. The molecule has 1 atom stereocenters. The van der Waals surface area contributed by atoms with Crippen molar-refractivity contribution in [1.82, 2.24) is 0 Å². The second-order valence-electron chi connectivity index (χ2n) is 5.13. The summed E-state index contributed by atoms with van der Waals surface area (Å²) >= 11 is 0. The molecule has 0 bridgehead atoms. The van der Waals surface area contributed by atoms with Crippen molar-refractivity contribution in [3.05, 3.63) is 34.9 Å². The van der Waals surface area contributed by atoms with E-state index in [9.17, 15) is 0 Å². The molecule has 1 nitrogen and oxygen atoms in total. The van der Waals surface area contributed by atoms with Crippen LogP contribution in [0.3, 0.4) is 0 Å². The molecule has 0 radical (unpaired) electrons. The Kier molecular flexibility index (Phi) is 3.01. The Labute approximate surface area is 87.3 Å². The molecule has 0 aliphatic carbocycles. The minimum absolute atomic E-state index is 0.113. The maximum absolute atomic E-state index is 6.24. The third kappa shape index (κ3) is 2.16. The Balaban J connectivity index is 3.14. The van der Waals surface area contributed by atoms with E-state index in [-0.39, 0.29) is 11.5 Å². The van der Waals surface area contributed by atoms with E-state index in [2.05, 4.69) is 52.8 Å². The molecule has 1 unspecified atom stereocenters. The highest BCUT2D eigenvalue weighted by atomic mass is 14.7. The van der Waals surface area contributed by atoms with E-state index in [4.69, 9.17) is 5.73 Å². The molecule has 78 valence electrons. The lowest BCUT2D eigenvalue weighted by atomic mass is 9.81. The highest BCUT2D eigenvalue weighted by molar-refractivity contribution is 5.35. The molecular formula is C13H21N. The van der Waals surface area contributed by atoms with Gasteiger partial charge in [-0.05, 0) is 36.0 Å². The average Bonchev–Trinajstić information content (AvgIpc) is 2.07. The molecule has 0 aliphatic rings. The van der Waals surface area contributed by atoms with E-state index in [1.54, 1.807) is 0 Å². The number of benzene rings is 1. The second kappa shape index (κ2) is 3.74. The lowest BCUT2D eigenvalue weighted by Crippen LogP contribution is -2.27. The van der Waals surface area contributed by atoms with Crippen molar-refractivity contribution in [3.8, 4) is 0 Å². The first kappa shape index (κ1) is 11.3. The van der Waals surface area contributed by atoms with Gasteiger partial charge < -0.3 is 5.73 Å². The summed E-state index contributed by atoms with van der Waals surface area (Å²) in [6.45, 7) is 10.8. The summed E-state index contributed by atoms with van der Waals surface area (Å²) in [6.07, 6.45) is 0. The molecule has 2 N–H and O–H groups in total. The third-order valence-corrected chi connectivity index (χ3v) is 2.91. The van der Waals surface area contributed by atoms with Crippen LogP contribution in [0.2, 0.25) is 0 Å². The molecule has 0 spiro atoms. The van der Waals surface area contributed by atoms with Gasteiger partial charge in [0, 0.05) is 6.04 Å². The Bertz CT molecular complexity index is 320. The van der Waals surface area contributed by atoms with Crippen LogP contribution in [0.25, 0.3) is 0 Å². The summed E-state index contributed by atoms with van der Waals surface area (Å²) in [5.74, 6) is 0. The van der Waals surface area contributed by atoms with Crippen LogP contribution < -0.4 is 5.73 Å². The fourth-order valence-corrected chi connectivity index (χ4v) is 1.58. The van der Waals surface area contributed by atoms with Gasteiger partial charge in [0.05, 0.1) is 0 Å². The molecule has 0 amide bonds. The molecule has 0 saturated heterocycles. The van der Waals surface area contributed by atoms with Crippen LogP contribution in [0.5, 0.6) is 0 Å². The van der Waals surface area contributed by atoms with Crippen LogP contribution in [0, 0.1) is 19.3 Å². The zero-order valence-corrected chi connectivity index (χ0v) is 9.89. The summed E-state index contributed by atoms with van der Waals surface area (Å²) < 4.78 is 0. The van der Waals surface area contributed by atoms with Gasteiger partial charge in [-0.25, -0.2) is 0 Å². The second-order valence-corrected chi connectivity index (χ2v) is 5.13. The van der Waals surface area contributed by atoms with Gasteiger partial charge >= 0.3 is 0 Å². The first-order valence-corrected chi connectivity index (χ1v) is 5.15. The van der Waals surface area contributed by atoms with Crippen molar-refractivity contribution in [3.63, 3.8) is 0 Å². The minimum Gasteiger partial charge on any atom is -0.324 e. The van der Waals surface area contributed by atoms with Crippen LogP contribution >= 0.6 is 0 Å². The van der Waals surface area contributed by atoms with E-state index in [1.165, 1.54) is 16.7 Å². The standard InChI is InChI=1S/C13H21N/c1-9-7-6-8-11(10(9)2)12(14)13(3,4)5/h6-8,12H,14H2,1-5H3. The highest BCUT2D eigenvalue weighted by Crippen LogP contribution is 2.32. The van der Waals surface area contributed by atoms with E-state index >= 15 is 0 Å². The van der Waals surface area contributed by atoms with E-state index in [1.807, 2.05) is 0 Å². The third-order valence-electron chi connectivity index (χ3n) is 2.91. The minimum atomic E-state index is 0.113. The predicted octanol–water partition coefficient (Wildman–Crippen LogP) is 3.35. The van der Waals surface area contributed by atoms with Crippen molar-refractivity contribution in [1.29, 1.82) is 0 Å². The van der Waals surface area contributed by atoms with Crippen molar-refractivity contribution in [2.75, 3.05) is 0 Å². The summed E-state index contributed by atoms with van der Waals surface area (Å²) in [5, 5.41) is 0. The van der Waals surface area contributed by atoms with Crippen molar-refractivity contribution < 1.29 is 0 Å². The Morgan fingerprint density at radius 3 is 2.21 bits per heavy atom. The molecule has 1 aromatic carbocycles. The first-order valence-electron chi connectivity index (χ1n) is 5.15. The maximum atomic E-state index is 6.24. The quantitative estimate of drug-likeness (QED) is 0.723. The normalized spacial score (nSPS) is 14.1. The monoisotopic (exact) mass is 191 g/mol. The Morgan fingerprint density at radius 2 is 1.71 bits per heavy atom. The van der Waals surface area contributed by atoms with Crippen LogP contribution in [0.15, 0.2) is 18.2 Å². The summed E-state index contributed by atoms with van der Waals surface area (Å²) in [4.78, 5) is 0. The summed E-state index contributed by atoms with van der Waals surface area (Å²) in [7, 11) is 0. The SMILES string of the molecule is Cc1cccc(C(N)C(C)(C)C)c1C. The molecule has 0 saturated carbocycles. The zero-order chi connectivity index (χ0) is 10.9. The van der Waals surface area contributed by atoms with Gasteiger partial charge in [0.25, 0.3) is 0 Å². The molecule has 0 fully saturated rings. The lowest BCUT2D eigenvalue weighted by Gasteiger charge is -2.29. The van der Waals surface area contributed by atoms with E-state index in [0.717, 1.165) is 0 Å². The van der Waals surface area contributed by atoms with Crippen LogP contribution in [0.4, 0.5) is 0 Å². The number of rotatable bonds is 1. The molecular weight excluding hydrogens is 170 g/mol. The molecule has 1 rings (SSSR count). The molecule has 0 aliphatic heterocycles. The topological polar surface area (TPSA) is 26.0 Å². The number of aryl methyl sites for hydroxylation is 1. The van der Waals surface area contributed by atoms with Gasteiger partial charge in [0.15, 0.2) is 0 Å². The van der Waals surface area contributed by atoms with Gasteiger partial charge in [-0.2, -0.15) is 0 Å². The number of hydrogen-bond acceptors (Lipinski definition) is 1. The van der Waals surface area contributed by atoms with E-state index in [0.29, 0.717) is 0 Å². The fraction of sp³-hybridized carbons (Fsp3) is 0.538. The number of nitrogens with two attached hydrogens (primary N) is 1. The highest BCUT2D eigenvalue weighted by Gasteiger charge is 2.23. The average molecular weight is 191 g/mol. The largest absolute Gasteiger partial charge is 0.324 e. The van der Waals surface area contributed by atoms with Crippen molar-refractivity contribution in [2.24, 2.45) is 11.1 Å². The van der Waals surface area contributed by atoms with Crippen LogP contribution in [-0.4, -0.2) is 0 Å². The number of hydrogen-bond donors (Lipinski definition) is 1. The van der Waals surface area contributed by atoms with Gasteiger partial charge in [0.1, 0.15) is 0 Å². The lowest BCUT2D eigenvalue weighted by molar-refractivity contribution is 0.326. The van der Waals surface area contributed by atoms with Crippen molar-refractivity contribution >= 4 is 0 Å². The van der Waals surface area contributed by atoms with Gasteiger partial charge in [0.2, 0.25) is 0 Å². The van der Waals surface area contributed by atoms with Gasteiger partial charge in [-0.3, -0.25) is 0 Å². The van der Waals surface area contributed by atoms with Crippen LogP contribution in [-0.2, 0) is 0 Å². The van der Waals surface area contributed by atoms with Crippen LogP contribution in [0.1, 0.15) is 43.5 Å². The summed E-state index contributed by atoms with van der Waals surface area (Å²) in [5.41, 5.74) is 10.3. The summed E-state index contributed by atoms with van der Waals surface area (Å²) in [6, 6.07) is 6.47. The van der Waals surface area contributed by atoms with E-state index < -0.39 is 0 Å². The first-order chi connectivity index (χ1) is 6.34. The molecule has 0 heterocycles. The molecule has 14 heavy (non-hydrogen) atoms. The van der Waals surface area contributed by atoms with Gasteiger partial charge in [-0.15, -0.1) is 0 Å². The Hall–Kier alpha value is -0.820. The Morgan fingerprint density at radius 1 is 1.14 bits per heavy atom. The van der Waals surface area contributed by atoms with Gasteiger partial charge in [-0.1, -0.05) is 39.0 Å². The fourth-order valence-electron chi connectivity index (χ4n) is 1.58. The molecule has 1 heteroatoms. The smallest absolute Gasteiger partial charge is 0.0346 e.